The van der Waals surface area contributed by atoms with E-state index in [1.165, 1.54) is 11.3 Å². The summed E-state index contributed by atoms with van der Waals surface area (Å²) in [6.07, 6.45) is 0. The van der Waals surface area contributed by atoms with Crippen LogP contribution in [-0.4, -0.2) is 30.8 Å². The largest absolute Gasteiger partial charge is 0.332 e. The molecule has 168 valence electrons. The van der Waals surface area contributed by atoms with Crippen molar-refractivity contribution < 1.29 is 4.79 Å². The highest BCUT2D eigenvalue weighted by atomic mass is 32.1. The number of carbonyl (C=O) groups excluding carboxylic acids is 1. The van der Waals surface area contributed by atoms with Crippen LogP contribution in [0.4, 0.5) is 5.69 Å². The Morgan fingerprint density at radius 3 is 2.12 bits per heavy atom. The number of benzene rings is 3. The first-order valence-electron chi connectivity index (χ1n) is 10.6. The van der Waals surface area contributed by atoms with Crippen molar-refractivity contribution in [2.75, 3.05) is 5.32 Å². The van der Waals surface area contributed by atoms with Crippen LogP contribution in [0, 0.1) is 6.92 Å². The Bertz CT molecular complexity index is 1410. The van der Waals surface area contributed by atoms with E-state index in [1.54, 1.807) is 4.52 Å². The van der Waals surface area contributed by atoms with Crippen LogP contribution in [0.5, 0.6) is 0 Å². The fraction of sp³-hybridized carbons (Fsp3) is 0.0800. The number of hydrogen-bond acceptors (Lipinski definition) is 6. The summed E-state index contributed by atoms with van der Waals surface area (Å²) >= 11 is 6.91. The van der Waals surface area contributed by atoms with Gasteiger partial charge in [-0.1, -0.05) is 72.0 Å². The number of rotatable bonds is 5. The monoisotopic (exact) mass is 484 g/mol. The molecule has 5 aromatic rings. The number of carbonyl (C=O) groups is 1. The first-order chi connectivity index (χ1) is 16.6. The highest BCUT2D eigenvalue weighted by Crippen LogP contribution is 2.27. The van der Waals surface area contributed by atoms with E-state index in [2.05, 4.69) is 25.9 Å². The van der Waals surface area contributed by atoms with E-state index in [9.17, 15) is 4.79 Å². The molecule has 34 heavy (non-hydrogen) atoms. The van der Waals surface area contributed by atoms with Crippen LogP contribution in [0.15, 0.2) is 84.9 Å². The molecule has 0 fully saturated rings. The molecule has 7 nitrogen and oxygen atoms in total. The third-order valence-electron chi connectivity index (χ3n) is 5.30. The number of nitrogens with one attached hydrogen (secondary N) is 2. The van der Waals surface area contributed by atoms with Gasteiger partial charge in [-0.3, -0.25) is 4.79 Å². The van der Waals surface area contributed by atoms with Crippen molar-refractivity contribution in [3.05, 3.63) is 102 Å². The van der Waals surface area contributed by atoms with E-state index in [0.29, 0.717) is 0 Å². The summed E-state index contributed by atoms with van der Waals surface area (Å²) in [5, 5.41) is 19.7. The van der Waals surface area contributed by atoms with Gasteiger partial charge in [0, 0.05) is 11.3 Å². The second-order valence-corrected chi connectivity index (χ2v) is 8.99. The van der Waals surface area contributed by atoms with Gasteiger partial charge in [0.2, 0.25) is 10.9 Å². The number of aryl methyl sites for hydroxylation is 1. The Hall–Kier alpha value is -3.95. The van der Waals surface area contributed by atoms with Gasteiger partial charge in [0.1, 0.15) is 5.01 Å². The molecule has 0 bridgehead atoms. The predicted molar refractivity (Wildman–Crippen MR) is 138 cm³/mol. The Kier molecular flexibility index (Phi) is 6.11. The maximum Gasteiger partial charge on any atom is 0.238 e. The third-order valence-corrected chi connectivity index (χ3v) is 6.45. The van der Waals surface area contributed by atoms with Gasteiger partial charge in [-0.25, -0.2) is 0 Å². The minimum absolute atomic E-state index is 0.193. The lowest BCUT2D eigenvalue weighted by Crippen LogP contribution is -2.37. The molecule has 0 spiro atoms. The van der Waals surface area contributed by atoms with Crippen molar-refractivity contribution in [2.24, 2.45) is 0 Å². The topological polar surface area (TPSA) is 84.2 Å². The zero-order valence-corrected chi connectivity index (χ0v) is 19.8. The van der Waals surface area contributed by atoms with Crippen LogP contribution in [0.3, 0.4) is 0 Å². The van der Waals surface area contributed by atoms with Crippen LogP contribution in [0.1, 0.15) is 22.9 Å². The van der Waals surface area contributed by atoms with Gasteiger partial charge >= 0.3 is 0 Å². The highest BCUT2D eigenvalue weighted by Gasteiger charge is 2.23. The number of fused-ring (bicyclic) bond motifs is 1. The first-order valence-corrected chi connectivity index (χ1v) is 11.8. The van der Waals surface area contributed by atoms with Gasteiger partial charge in [0.15, 0.2) is 10.9 Å². The first kappa shape index (κ1) is 21.9. The number of hydrogen-bond donors (Lipinski definition) is 2. The molecule has 3 aromatic carbocycles. The lowest BCUT2D eigenvalue weighted by molar-refractivity contribution is -0.120. The molecule has 0 aliphatic rings. The molecular formula is C25H20N6OS2. The molecule has 0 atom stereocenters. The summed E-state index contributed by atoms with van der Waals surface area (Å²) in [6, 6.07) is 27.0. The van der Waals surface area contributed by atoms with Gasteiger partial charge in [-0.15, -0.1) is 10.2 Å². The maximum absolute atomic E-state index is 13.2. The van der Waals surface area contributed by atoms with E-state index < -0.39 is 5.92 Å². The minimum atomic E-state index is -0.466. The number of nitrogens with zero attached hydrogens (tertiary/aromatic N) is 4. The molecule has 2 N–H and O–H groups in total. The fourth-order valence-electron chi connectivity index (χ4n) is 3.66. The maximum atomic E-state index is 13.2. The van der Waals surface area contributed by atoms with E-state index in [-0.39, 0.29) is 11.0 Å². The van der Waals surface area contributed by atoms with Crippen LogP contribution in [0.25, 0.3) is 15.5 Å². The van der Waals surface area contributed by atoms with Gasteiger partial charge in [0.05, 0.1) is 5.92 Å². The smallest absolute Gasteiger partial charge is 0.238 e. The molecule has 2 heterocycles. The fourth-order valence-corrected chi connectivity index (χ4v) is 4.77. The lowest BCUT2D eigenvalue weighted by atomic mass is 9.90. The summed E-state index contributed by atoms with van der Waals surface area (Å²) in [6.45, 7) is 1.87. The number of anilines is 1. The zero-order valence-electron chi connectivity index (χ0n) is 18.2. The normalized spacial score (nSPS) is 11.0. The van der Waals surface area contributed by atoms with E-state index in [0.717, 1.165) is 38.2 Å². The highest BCUT2D eigenvalue weighted by molar-refractivity contribution is 7.80. The Morgan fingerprint density at radius 2 is 1.53 bits per heavy atom. The summed E-state index contributed by atoms with van der Waals surface area (Å²) in [4.78, 5) is 14.0. The molecule has 0 unspecified atom stereocenters. The van der Waals surface area contributed by atoms with Crippen molar-refractivity contribution in [1.29, 1.82) is 0 Å². The van der Waals surface area contributed by atoms with Gasteiger partial charge in [-0.05, 0) is 54.5 Å². The van der Waals surface area contributed by atoms with E-state index >= 15 is 0 Å². The summed E-state index contributed by atoms with van der Waals surface area (Å²) < 4.78 is 1.73. The van der Waals surface area contributed by atoms with Crippen LogP contribution in [0.2, 0.25) is 0 Å². The summed E-state index contributed by atoms with van der Waals surface area (Å²) in [5.41, 5.74) is 3.53. The second-order valence-electron chi connectivity index (χ2n) is 7.62. The lowest BCUT2D eigenvalue weighted by Gasteiger charge is -2.18. The molecule has 0 aliphatic heterocycles. The van der Waals surface area contributed by atoms with Crippen molar-refractivity contribution in [1.82, 2.24) is 25.1 Å². The predicted octanol–water partition coefficient (Wildman–Crippen LogP) is 4.81. The van der Waals surface area contributed by atoms with Gasteiger partial charge in [-0.2, -0.15) is 9.61 Å². The zero-order chi connectivity index (χ0) is 23.5. The average Bonchev–Trinajstić information content (AvgIpc) is 3.43. The Balaban J connectivity index is 1.28. The van der Waals surface area contributed by atoms with Crippen LogP contribution < -0.4 is 10.6 Å². The number of thiocarbonyl (C=S) groups is 1. The van der Waals surface area contributed by atoms with Crippen LogP contribution >= 0.6 is 23.6 Å². The molecule has 5 rings (SSSR count). The molecule has 1 amide bonds. The van der Waals surface area contributed by atoms with Crippen molar-refractivity contribution >= 4 is 45.2 Å². The van der Waals surface area contributed by atoms with Crippen molar-refractivity contribution in [2.45, 2.75) is 12.8 Å². The third kappa shape index (κ3) is 4.57. The SMILES string of the molecule is Cc1nnc2sc(-c3ccc(NC(=S)NC(=O)C(c4ccccc4)c4ccccc4)cc3)nn12. The number of aromatic nitrogens is 4. The minimum Gasteiger partial charge on any atom is -0.332 e. The quantitative estimate of drug-likeness (QED) is 0.349. The second kappa shape index (κ2) is 9.50. The Morgan fingerprint density at radius 1 is 0.912 bits per heavy atom. The molecule has 0 radical (unpaired) electrons. The van der Waals surface area contributed by atoms with Crippen molar-refractivity contribution in [3.63, 3.8) is 0 Å². The standard InChI is InChI=1S/C25H20N6OS2/c1-16-28-29-25-31(16)30-23(34-25)19-12-14-20(15-13-19)26-24(33)27-22(32)21(17-8-4-2-5-9-17)18-10-6-3-7-11-18/h2-15,21H,1H3,(H2,26,27,32,33). The number of amides is 1. The molecule has 9 heteroatoms. The van der Waals surface area contributed by atoms with Crippen molar-refractivity contribution in [3.8, 4) is 10.6 Å². The Labute approximate surface area is 205 Å². The molecule has 0 saturated heterocycles. The van der Waals surface area contributed by atoms with E-state index in [1.807, 2.05) is 91.9 Å². The summed E-state index contributed by atoms with van der Waals surface area (Å²) in [7, 11) is 0. The van der Waals surface area contributed by atoms with Crippen LogP contribution in [-0.2, 0) is 4.79 Å². The molecular weight excluding hydrogens is 464 g/mol. The van der Waals surface area contributed by atoms with E-state index in [4.69, 9.17) is 12.2 Å². The van der Waals surface area contributed by atoms with Gasteiger partial charge < -0.3 is 10.6 Å². The summed E-state index contributed by atoms with van der Waals surface area (Å²) in [5.74, 6) is 0.0918. The van der Waals surface area contributed by atoms with Gasteiger partial charge in [0.25, 0.3) is 0 Å². The molecule has 0 saturated carbocycles. The average molecular weight is 485 g/mol. The molecule has 0 aliphatic carbocycles. The molecule has 2 aromatic heterocycles.